The number of carbonyl (C=O) groups is 1. The molecule has 1 atom stereocenters. The molecule has 0 fully saturated rings. The number of fused-ring (bicyclic) bond motifs is 1. The molecule has 0 saturated heterocycles. The smallest absolute Gasteiger partial charge is 0.270 e. The molecule has 7 heteroatoms. The zero-order chi connectivity index (χ0) is 20.2. The van der Waals surface area contributed by atoms with Gasteiger partial charge in [0.05, 0.1) is 26.0 Å². The number of aromatic amines is 1. The minimum atomic E-state index is -0.563. The van der Waals surface area contributed by atoms with Crippen LogP contribution in [0.1, 0.15) is 22.1 Å². The molecule has 0 saturated carbocycles. The quantitative estimate of drug-likeness (QED) is 0.471. The van der Waals surface area contributed by atoms with E-state index in [0.717, 1.165) is 27.5 Å². The molecule has 0 aliphatic rings. The maximum Gasteiger partial charge on any atom is 0.270 e. The van der Waals surface area contributed by atoms with Crippen molar-refractivity contribution in [1.82, 2.24) is 20.5 Å². The first-order valence-electron chi connectivity index (χ1n) is 9.12. The fourth-order valence-corrected chi connectivity index (χ4v) is 3.18. The van der Waals surface area contributed by atoms with E-state index in [2.05, 4.69) is 20.5 Å². The van der Waals surface area contributed by atoms with Gasteiger partial charge in [0, 0.05) is 23.3 Å². The average molecular weight is 388 g/mol. The number of aliphatic hydroxyl groups excluding tert-OH is 1. The Labute approximate surface area is 167 Å². The molecule has 0 aliphatic heterocycles. The van der Waals surface area contributed by atoms with Crippen molar-refractivity contribution in [1.29, 1.82) is 0 Å². The van der Waals surface area contributed by atoms with Crippen molar-refractivity contribution in [2.45, 2.75) is 6.04 Å². The number of carbonyl (C=O) groups excluding carboxylic acids is 1. The van der Waals surface area contributed by atoms with Crippen LogP contribution in [0.3, 0.4) is 0 Å². The molecule has 29 heavy (non-hydrogen) atoms. The molecule has 3 N–H and O–H groups in total. The third-order valence-electron chi connectivity index (χ3n) is 4.77. The second kappa shape index (κ2) is 8.12. The van der Waals surface area contributed by atoms with Crippen molar-refractivity contribution in [3.05, 3.63) is 78.4 Å². The van der Waals surface area contributed by atoms with E-state index in [1.54, 1.807) is 31.6 Å². The van der Waals surface area contributed by atoms with Crippen molar-refractivity contribution in [2.75, 3.05) is 13.7 Å². The second-order valence-corrected chi connectivity index (χ2v) is 6.60. The van der Waals surface area contributed by atoms with Crippen LogP contribution in [0.15, 0.2) is 67.1 Å². The van der Waals surface area contributed by atoms with Crippen LogP contribution in [0.5, 0.6) is 5.75 Å². The topological polar surface area (TPSA) is 100 Å². The van der Waals surface area contributed by atoms with Crippen LogP contribution < -0.4 is 10.1 Å². The first kappa shape index (κ1) is 18.6. The van der Waals surface area contributed by atoms with Gasteiger partial charge in [-0.1, -0.05) is 24.3 Å². The van der Waals surface area contributed by atoms with Gasteiger partial charge >= 0.3 is 0 Å². The van der Waals surface area contributed by atoms with E-state index in [9.17, 15) is 9.90 Å². The van der Waals surface area contributed by atoms with Gasteiger partial charge in [-0.3, -0.25) is 14.9 Å². The molecule has 2 aromatic heterocycles. The lowest BCUT2D eigenvalue weighted by Crippen LogP contribution is -2.31. The molecule has 2 heterocycles. The lowest BCUT2D eigenvalue weighted by Gasteiger charge is -2.17. The van der Waals surface area contributed by atoms with E-state index in [1.165, 1.54) is 0 Å². The molecule has 4 rings (SSSR count). The van der Waals surface area contributed by atoms with Crippen molar-refractivity contribution >= 4 is 16.7 Å². The number of rotatable bonds is 6. The molecule has 1 unspecified atom stereocenters. The number of ether oxygens (including phenoxy) is 1. The highest BCUT2D eigenvalue weighted by molar-refractivity contribution is 5.97. The molecule has 0 radical (unpaired) electrons. The van der Waals surface area contributed by atoms with Crippen molar-refractivity contribution in [3.63, 3.8) is 0 Å². The molecule has 0 spiro atoms. The van der Waals surface area contributed by atoms with E-state index in [4.69, 9.17) is 4.74 Å². The summed E-state index contributed by atoms with van der Waals surface area (Å²) in [5.74, 6) is 0.299. The molecular formula is C22H20N4O3. The van der Waals surface area contributed by atoms with Gasteiger partial charge in [0.15, 0.2) is 0 Å². The van der Waals surface area contributed by atoms with Gasteiger partial charge in [0.2, 0.25) is 0 Å². The summed E-state index contributed by atoms with van der Waals surface area (Å²) >= 11 is 0. The predicted octanol–water partition coefficient (Wildman–Crippen LogP) is 3.10. The highest BCUT2D eigenvalue weighted by Crippen LogP contribution is 2.24. The van der Waals surface area contributed by atoms with Crippen molar-refractivity contribution < 1.29 is 14.6 Å². The lowest BCUT2D eigenvalue weighted by molar-refractivity contribution is 0.0911. The number of nitrogens with one attached hydrogen (secondary N) is 2. The number of H-pyrrole nitrogens is 1. The van der Waals surface area contributed by atoms with Crippen LogP contribution >= 0.6 is 0 Å². The highest BCUT2D eigenvalue weighted by Gasteiger charge is 2.17. The largest absolute Gasteiger partial charge is 0.497 e. The van der Waals surface area contributed by atoms with Gasteiger partial charge in [-0.2, -0.15) is 5.10 Å². The summed E-state index contributed by atoms with van der Waals surface area (Å²) in [5.41, 5.74) is 2.99. The van der Waals surface area contributed by atoms with E-state index < -0.39 is 6.04 Å². The van der Waals surface area contributed by atoms with E-state index >= 15 is 0 Å². The Kier molecular flexibility index (Phi) is 5.22. The maximum absolute atomic E-state index is 12.8. The fraction of sp³-hybridized carbons (Fsp3) is 0.136. The molecule has 0 bridgehead atoms. The van der Waals surface area contributed by atoms with Crippen LogP contribution in [0.25, 0.3) is 21.9 Å². The lowest BCUT2D eigenvalue weighted by atomic mass is 10.0. The summed E-state index contributed by atoms with van der Waals surface area (Å²) in [6.07, 6.45) is 5.23. The third-order valence-corrected chi connectivity index (χ3v) is 4.77. The molecular weight excluding hydrogens is 368 g/mol. The first-order chi connectivity index (χ1) is 14.2. The van der Waals surface area contributed by atoms with Gasteiger partial charge in [-0.25, -0.2) is 0 Å². The normalized spacial score (nSPS) is 11.9. The van der Waals surface area contributed by atoms with E-state index in [-0.39, 0.29) is 18.2 Å². The average Bonchev–Trinajstić information content (AvgIpc) is 3.31. The fourth-order valence-electron chi connectivity index (χ4n) is 3.18. The maximum atomic E-state index is 12.8. The van der Waals surface area contributed by atoms with Crippen LogP contribution in [0.4, 0.5) is 0 Å². The number of methoxy groups -OCH3 is 1. The van der Waals surface area contributed by atoms with Gasteiger partial charge in [0.25, 0.3) is 5.91 Å². The van der Waals surface area contributed by atoms with Crippen molar-refractivity contribution in [2.24, 2.45) is 0 Å². The number of hydrogen-bond acceptors (Lipinski definition) is 5. The molecule has 4 aromatic rings. The Morgan fingerprint density at radius 1 is 1.14 bits per heavy atom. The van der Waals surface area contributed by atoms with Crippen molar-refractivity contribution in [3.8, 4) is 16.9 Å². The third kappa shape index (κ3) is 3.95. The number of nitrogens with zero attached hydrogens (tertiary/aromatic N) is 2. The van der Waals surface area contributed by atoms with Gasteiger partial charge in [-0.15, -0.1) is 0 Å². The molecule has 2 aromatic carbocycles. The Balaban J connectivity index is 1.60. The molecule has 146 valence electrons. The summed E-state index contributed by atoms with van der Waals surface area (Å²) in [6, 6.07) is 14.3. The number of pyridine rings is 1. The number of benzene rings is 2. The Morgan fingerprint density at radius 2 is 2.03 bits per heavy atom. The first-order valence-corrected chi connectivity index (χ1v) is 9.12. The van der Waals surface area contributed by atoms with Crippen LogP contribution in [0, 0.1) is 0 Å². The van der Waals surface area contributed by atoms with Crippen LogP contribution in [0.2, 0.25) is 0 Å². The van der Waals surface area contributed by atoms with Crippen LogP contribution in [-0.4, -0.2) is 39.9 Å². The monoisotopic (exact) mass is 388 g/mol. The zero-order valence-corrected chi connectivity index (χ0v) is 15.8. The number of aliphatic hydroxyl groups is 1. The number of aromatic nitrogens is 3. The van der Waals surface area contributed by atoms with Gasteiger partial charge in [0.1, 0.15) is 11.4 Å². The van der Waals surface area contributed by atoms with Crippen LogP contribution in [-0.2, 0) is 0 Å². The Bertz CT molecular complexity index is 1140. The summed E-state index contributed by atoms with van der Waals surface area (Å²) < 4.78 is 5.22. The number of hydrogen-bond donors (Lipinski definition) is 3. The van der Waals surface area contributed by atoms with Gasteiger partial charge in [-0.05, 0) is 40.8 Å². The number of amides is 1. The van der Waals surface area contributed by atoms with E-state index in [1.807, 2.05) is 42.6 Å². The zero-order valence-electron chi connectivity index (χ0n) is 15.8. The summed E-state index contributed by atoms with van der Waals surface area (Å²) in [6.45, 7) is -0.239. The summed E-state index contributed by atoms with van der Waals surface area (Å²) in [7, 11) is 1.57. The summed E-state index contributed by atoms with van der Waals surface area (Å²) in [4.78, 5) is 17.0. The standard InChI is InChI=1S/C22H20N4O3/c1-29-19-4-2-3-15(8-19)21(13-27)26-22(28)20-9-17-7-14(18-11-24-25-12-18)5-6-16(17)10-23-20/h2-12,21,27H,13H2,1H3,(H,24,25)(H,26,28). The Morgan fingerprint density at radius 3 is 2.79 bits per heavy atom. The summed E-state index contributed by atoms with van der Waals surface area (Å²) in [5, 5.41) is 21.2. The van der Waals surface area contributed by atoms with E-state index in [0.29, 0.717) is 5.75 Å². The molecule has 7 nitrogen and oxygen atoms in total. The second-order valence-electron chi connectivity index (χ2n) is 6.60. The minimum Gasteiger partial charge on any atom is -0.497 e. The highest BCUT2D eigenvalue weighted by atomic mass is 16.5. The van der Waals surface area contributed by atoms with Gasteiger partial charge < -0.3 is 15.2 Å². The molecule has 1 amide bonds. The Hall–Kier alpha value is -3.71. The molecule has 0 aliphatic carbocycles. The SMILES string of the molecule is COc1cccc(C(CO)NC(=O)c2cc3cc(-c4cn[nH]c4)ccc3cn2)c1. The minimum absolute atomic E-state index is 0.239. The predicted molar refractivity (Wildman–Crippen MR) is 110 cm³/mol.